The molecule has 2 aromatic rings. The fraction of sp³-hybridized carbons (Fsp3) is 0.0588. The Morgan fingerprint density at radius 1 is 0.850 bits per heavy atom. The molecule has 3 heteroatoms. The standard InChI is InChI=1S/C17H15N3/c1-2-9-17(10-3-1)18-13-15-7-6-8-16(15)14-19-20-11-4-5-12-20/h1-5,7-14H,6H2. The van der Waals surface area contributed by atoms with Crippen molar-refractivity contribution in [2.75, 3.05) is 0 Å². The van der Waals surface area contributed by atoms with E-state index in [2.05, 4.69) is 22.2 Å². The quantitative estimate of drug-likeness (QED) is 0.745. The lowest BCUT2D eigenvalue weighted by atomic mass is 10.2. The van der Waals surface area contributed by atoms with Crippen molar-refractivity contribution in [3.8, 4) is 0 Å². The van der Waals surface area contributed by atoms with Crippen molar-refractivity contribution >= 4 is 18.1 Å². The summed E-state index contributed by atoms with van der Waals surface area (Å²) in [6.45, 7) is 0. The van der Waals surface area contributed by atoms with Crippen LogP contribution in [0.1, 0.15) is 6.42 Å². The number of aromatic nitrogens is 1. The third-order valence-electron chi connectivity index (χ3n) is 3.04. The van der Waals surface area contributed by atoms with Gasteiger partial charge < -0.3 is 0 Å². The molecular formula is C17H15N3. The molecule has 3 nitrogen and oxygen atoms in total. The number of aliphatic imine (C=N–C) groups is 1. The highest BCUT2D eigenvalue weighted by Crippen LogP contribution is 2.18. The minimum Gasteiger partial charge on any atom is -0.256 e. The Hall–Kier alpha value is -2.68. The summed E-state index contributed by atoms with van der Waals surface area (Å²) in [5.74, 6) is 0. The van der Waals surface area contributed by atoms with Gasteiger partial charge in [0.15, 0.2) is 0 Å². The van der Waals surface area contributed by atoms with Crippen LogP contribution in [0.3, 0.4) is 0 Å². The predicted octanol–water partition coefficient (Wildman–Crippen LogP) is 3.98. The molecule has 0 aliphatic heterocycles. The van der Waals surface area contributed by atoms with Gasteiger partial charge in [-0.25, -0.2) is 4.68 Å². The van der Waals surface area contributed by atoms with Crippen LogP contribution in [-0.2, 0) is 0 Å². The molecule has 0 atom stereocenters. The van der Waals surface area contributed by atoms with Gasteiger partial charge in [-0.1, -0.05) is 30.4 Å². The van der Waals surface area contributed by atoms with E-state index in [1.54, 1.807) is 4.68 Å². The van der Waals surface area contributed by atoms with Gasteiger partial charge in [0.25, 0.3) is 0 Å². The van der Waals surface area contributed by atoms with Gasteiger partial charge in [-0.3, -0.25) is 4.99 Å². The molecule has 0 fully saturated rings. The van der Waals surface area contributed by atoms with E-state index in [9.17, 15) is 0 Å². The molecule has 3 rings (SSSR count). The Labute approximate surface area is 118 Å². The number of para-hydroxylation sites is 1. The Morgan fingerprint density at radius 2 is 1.55 bits per heavy atom. The lowest BCUT2D eigenvalue weighted by Crippen LogP contribution is -1.92. The molecule has 0 saturated carbocycles. The molecular weight excluding hydrogens is 246 g/mol. The zero-order valence-corrected chi connectivity index (χ0v) is 11.1. The van der Waals surface area contributed by atoms with Crippen LogP contribution in [0.5, 0.6) is 0 Å². The minimum atomic E-state index is 0.934. The number of benzene rings is 1. The van der Waals surface area contributed by atoms with Crippen LogP contribution in [0, 0.1) is 0 Å². The molecule has 1 aliphatic carbocycles. The first kappa shape index (κ1) is 12.4. The zero-order chi connectivity index (χ0) is 13.6. The van der Waals surface area contributed by atoms with Crippen molar-refractivity contribution in [1.82, 2.24) is 4.68 Å². The molecule has 0 saturated heterocycles. The second-order valence-corrected chi connectivity index (χ2v) is 4.46. The molecule has 20 heavy (non-hydrogen) atoms. The number of nitrogens with zero attached hydrogens (tertiary/aromatic N) is 3. The van der Waals surface area contributed by atoms with E-state index in [0.717, 1.165) is 23.3 Å². The highest BCUT2D eigenvalue weighted by Gasteiger charge is 2.05. The van der Waals surface area contributed by atoms with E-state index in [4.69, 9.17) is 0 Å². The lowest BCUT2D eigenvalue weighted by molar-refractivity contribution is 0.894. The first-order valence-corrected chi connectivity index (χ1v) is 6.59. The van der Waals surface area contributed by atoms with E-state index in [-0.39, 0.29) is 0 Å². The molecule has 1 aliphatic rings. The van der Waals surface area contributed by atoms with Gasteiger partial charge in [-0.05, 0) is 41.8 Å². The summed E-state index contributed by atoms with van der Waals surface area (Å²) in [6, 6.07) is 13.8. The van der Waals surface area contributed by atoms with E-state index >= 15 is 0 Å². The molecule has 0 spiro atoms. The molecule has 98 valence electrons. The third-order valence-corrected chi connectivity index (χ3v) is 3.04. The van der Waals surface area contributed by atoms with Crippen LogP contribution in [-0.4, -0.2) is 17.1 Å². The maximum Gasteiger partial charge on any atom is 0.0629 e. The Balaban J connectivity index is 1.71. The van der Waals surface area contributed by atoms with Crippen LogP contribution in [0.2, 0.25) is 0 Å². The maximum absolute atomic E-state index is 4.48. The summed E-state index contributed by atoms with van der Waals surface area (Å²) in [5.41, 5.74) is 3.19. The predicted molar refractivity (Wildman–Crippen MR) is 83.7 cm³/mol. The Kier molecular flexibility index (Phi) is 3.69. The highest BCUT2D eigenvalue weighted by atomic mass is 15.3. The van der Waals surface area contributed by atoms with Crippen LogP contribution in [0.15, 0.2) is 88.3 Å². The lowest BCUT2D eigenvalue weighted by Gasteiger charge is -1.98. The molecule has 0 unspecified atom stereocenters. The molecule has 1 aromatic carbocycles. The molecule has 0 N–H and O–H groups in total. The van der Waals surface area contributed by atoms with Gasteiger partial charge in [-0.2, -0.15) is 5.10 Å². The highest BCUT2D eigenvalue weighted by molar-refractivity contribution is 6.00. The number of rotatable bonds is 4. The van der Waals surface area contributed by atoms with Crippen molar-refractivity contribution in [3.05, 3.63) is 78.2 Å². The summed E-state index contributed by atoms with van der Waals surface area (Å²) >= 11 is 0. The fourth-order valence-corrected chi connectivity index (χ4v) is 1.99. The summed E-state index contributed by atoms with van der Waals surface area (Å²) in [6.07, 6.45) is 12.8. The van der Waals surface area contributed by atoms with Crippen LogP contribution >= 0.6 is 0 Å². The monoisotopic (exact) mass is 261 g/mol. The second-order valence-electron chi connectivity index (χ2n) is 4.46. The van der Waals surface area contributed by atoms with Crippen LogP contribution in [0.4, 0.5) is 5.69 Å². The van der Waals surface area contributed by atoms with Gasteiger partial charge in [0.05, 0.1) is 11.9 Å². The van der Waals surface area contributed by atoms with Gasteiger partial charge in [0, 0.05) is 18.6 Å². The molecule has 0 radical (unpaired) electrons. The summed E-state index contributed by atoms with van der Waals surface area (Å²) in [5, 5.41) is 4.37. The van der Waals surface area contributed by atoms with Gasteiger partial charge >= 0.3 is 0 Å². The average Bonchev–Trinajstić information content (AvgIpc) is 3.15. The first-order chi connectivity index (χ1) is 9.92. The Bertz CT molecular complexity index is 674. The van der Waals surface area contributed by atoms with Gasteiger partial charge in [0.2, 0.25) is 0 Å². The summed E-state index contributed by atoms with van der Waals surface area (Å²) < 4.78 is 1.78. The van der Waals surface area contributed by atoms with Crippen molar-refractivity contribution in [2.24, 2.45) is 10.1 Å². The van der Waals surface area contributed by atoms with Crippen LogP contribution < -0.4 is 0 Å². The van der Waals surface area contributed by atoms with Crippen molar-refractivity contribution in [3.63, 3.8) is 0 Å². The SMILES string of the molecule is C(=Nc1ccccc1)C1=CCC=C1C=Nn1cccc1. The summed E-state index contributed by atoms with van der Waals surface area (Å²) in [7, 11) is 0. The number of hydrogen-bond donors (Lipinski definition) is 0. The smallest absolute Gasteiger partial charge is 0.0629 e. The van der Waals surface area contributed by atoms with Gasteiger partial charge in [0.1, 0.15) is 0 Å². The van der Waals surface area contributed by atoms with Crippen LogP contribution in [0.25, 0.3) is 0 Å². The number of hydrogen-bond acceptors (Lipinski definition) is 2. The van der Waals surface area contributed by atoms with E-state index < -0.39 is 0 Å². The first-order valence-electron chi connectivity index (χ1n) is 6.59. The normalized spacial score (nSPS) is 15.0. The fourth-order valence-electron chi connectivity index (χ4n) is 1.99. The maximum atomic E-state index is 4.48. The average molecular weight is 261 g/mol. The molecule has 1 heterocycles. The van der Waals surface area contributed by atoms with E-state index in [1.165, 1.54) is 0 Å². The largest absolute Gasteiger partial charge is 0.256 e. The molecule has 0 bridgehead atoms. The molecule has 0 amide bonds. The second kappa shape index (κ2) is 5.97. The van der Waals surface area contributed by atoms with Crippen molar-refractivity contribution < 1.29 is 0 Å². The van der Waals surface area contributed by atoms with E-state index in [0.29, 0.717) is 0 Å². The van der Waals surface area contributed by atoms with E-state index in [1.807, 2.05) is 67.3 Å². The van der Waals surface area contributed by atoms with Crippen molar-refractivity contribution in [2.45, 2.75) is 6.42 Å². The summed E-state index contributed by atoms with van der Waals surface area (Å²) in [4.78, 5) is 4.48. The number of allylic oxidation sites excluding steroid dienone is 4. The Morgan fingerprint density at radius 3 is 2.30 bits per heavy atom. The minimum absolute atomic E-state index is 0.934. The third kappa shape index (κ3) is 3.01. The topological polar surface area (TPSA) is 29.6 Å². The molecule has 1 aromatic heterocycles. The van der Waals surface area contributed by atoms with Gasteiger partial charge in [-0.15, -0.1) is 0 Å². The zero-order valence-electron chi connectivity index (χ0n) is 11.1. The van der Waals surface area contributed by atoms with Crippen molar-refractivity contribution in [1.29, 1.82) is 0 Å².